The van der Waals surface area contributed by atoms with E-state index < -0.39 is 0 Å². The van der Waals surface area contributed by atoms with Gasteiger partial charge >= 0.3 is 0 Å². The molecule has 1 aliphatic heterocycles. The fourth-order valence-electron chi connectivity index (χ4n) is 2.16. The van der Waals surface area contributed by atoms with E-state index in [1.807, 2.05) is 12.1 Å². The fourth-order valence-corrected chi connectivity index (χ4v) is 2.16. The number of carbonyl (C=O) groups is 1. The number of hydrogen-bond donors (Lipinski definition) is 1. The summed E-state index contributed by atoms with van der Waals surface area (Å²) in [6.45, 7) is 2.09. The van der Waals surface area contributed by atoms with Crippen LogP contribution in [-0.2, 0) is 4.79 Å². The lowest BCUT2D eigenvalue weighted by Gasteiger charge is -2.16. The number of aryl methyl sites for hydroxylation is 1. The van der Waals surface area contributed by atoms with Crippen molar-refractivity contribution in [2.75, 3.05) is 5.32 Å². The van der Waals surface area contributed by atoms with E-state index >= 15 is 0 Å². The van der Waals surface area contributed by atoms with Gasteiger partial charge in [-0.2, -0.15) is 0 Å². The third-order valence-corrected chi connectivity index (χ3v) is 2.99. The highest BCUT2D eigenvalue weighted by Gasteiger charge is 2.48. The first kappa shape index (κ1) is 7.13. The molecular formula is C11H11NO. The third kappa shape index (κ3) is 0.916. The smallest absolute Gasteiger partial charge is 0.228 e. The topological polar surface area (TPSA) is 29.1 Å². The molecule has 1 saturated carbocycles. The Morgan fingerprint density at radius 2 is 2.23 bits per heavy atom. The molecule has 13 heavy (non-hydrogen) atoms. The molecule has 0 spiro atoms. The monoisotopic (exact) mass is 173 g/mol. The van der Waals surface area contributed by atoms with Crippen molar-refractivity contribution in [2.24, 2.45) is 5.92 Å². The second kappa shape index (κ2) is 2.13. The van der Waals surface area contributed by atoms with E-state index in [9.17, 15) is 4.79 Å². The molecule has 0 radical (unpaired) electrons. The lowest BCUT2D eigenvalue weighted by Crippen LogP contribution is -2.19. The summed E-state index contributed by atoms with van der Waals surface area (Å²) in [5.74, 6) is 0.999. The predicted octanol–water partition coefficient (Wildman–Crippen LogP) is 2.05. The van der Waals surface area contributed by atoms with Crippen molar-refractivity contribution in [1.82, 2.24) is 0 Å². The van der Waals surface area contributed by atoms with Gasteiger partial charge in [0.2, 0.25) is 5.91 Å². The molecule has 2 nitrogen and oxygen atoms in total. The molecule has 2 atom stereocenters. The van der Waals surface area contributed by atoms with Crippen molar-refractivity contribution >= 4 is 11.6 Å². The van der Waals surface area contributed by atoms with Crippen LogP contribution in [0.5, 0.6) is 0 Å². The molecule has 2 unspecified atom stereocenters. The average Bonchev–Trinajstić information content (AvgIpc) is 2.86. The van der Waals surface area contributed by atoms with Gasteiger partial charge in [-0.05, 0) is 30.9 Å². The molecule has 1 N–H and O–H groups in total. The van der Waals surface area contributed by atoms with Crippen molar-refractivity contribution in [3.63, 3.8) is 0 Å². The maximum absolute atomic E-state index is 11.4. The highest BCUT2D eigenvalue weighted by atomic mass is 16.2. The second-order valence-corrected chi connectivity index (χ2v) is 4.03. The molecule has 66 valence electrons. The summed E-state index contributed by atoms with van der Waals surface area (Å²) in [6, 6.07) is 6.25. The Kier molecular flexibility index (Phi) is 1.17. The van der Waals surface area contributed by atoms with Crippen LogP contribution in [0.3, 0.4) is 0 Å². The number of nitrogens with one attached hydrogen (secondary N) is 1. The normalized spacial score (nSPS) is 28.8. The molecule has 0 bridgehead atoms. The first-order chi connectivity index (χ1) is 6.25. The Morgan fingerprint density at radius 1 is 1.38 bits per heavy atom. The van der Waals surface area contributed by atoms with Crippen LogP contribution in [0.25, 0.3) is 0 Å². The minimum atomic E-state index is 0.210. The highest BCUT2D eigenvalue weighted by Crippen LogP contribution is 2.53. The predicted molar refractivity (Wildman–Crippen MR) is 50.7 cm³/mol. The number of benzene rings is 1. The zero-order chi connectivity index (χ0) is 9.00. The fraction of sp³-hybridized carbons (Fsp3) is 0.364. The Labute approximate surface area is 77.0 Å². The quantitative estimate of drug-likeness (QED) is 0.639. The van der Waals surface area contributed by atoms with E-state index in [-0.39, 0.29) is 11.8 Å². The van der Waals surface area contributed by atoms with Gasteiger partial charge in [-0.3, -0.25) is 4.79 Å². The SMILES string of the molecule is Cc1ccc2c(c1)C1CC1C(=O)N2. The first-order valence-electron chi connectivity index (χ1n) is 4.67. The van der Waals surface area contributed by atoms with Crippen LogP contribution in [0.1, 0.15) is 23.5 Å². The number of rotatable bonds is 0. The van der Waals surface area contributed by atoms with Gasteiger partial charge in [-0.25, -0.2) is 0 Å². The summed E-state index contributed by atoms with van der Waals surface area (Å²) >= 11 is 0. The molecule has 1 aromatic rings. The Hall–Kier alpha value is -1.31. The summed E-state index contributed by atoms with van der Waals surface area (Å²) in [5.41, 5.74) is 3.64. The molecule has 1 aromatic carbocycles. The number of carbonyl (C=O) groups excluding carboxylic acids is 1. The van der Waals surface area contributed by atoms with E-state index in [2.05, 4.69) is 18.3 Å². The van der Waals surface area contributed by atoms with Crippen molar-refractivity contribution in [3.8, 4) is 0 Å². The van der Waals surface area contributed by atoms with Crippen LogP contribution >= 0.6 is 0 Å². The molecule has 0 saturated heterocycles. The highest BCUT2D eigenvalue weighted by molar-refractivity contribution is 5.99. The number of fused-ring (bicyclic) bond motifs is 3. The van der Waals surface area contributed by atoms with Crippen LogP contribution in [0.4, 0.5) is 5.69 Å². The van der Waals surface area contributed by atoms with Gasteiger partial charge in [-0.1, -0.05) is 17.7 Å². The summed E-state index contributed by atoms with van der Waals surface area (Å²) in [4.78, 5) is 11.4. The van der Waals surface area contributed by atoms with Gasteiger partial charge in [0.1, 0.15) is 0 Å². The molecule has 0 aromatic heterocycles. The third-order valence-electron chi connectivity index (χ3n) is 2.99. The summed E-state index contributed by atoms with van der Waals surface area (Å²) < 4.78 is 0. The Bertz CT molecular complexity index is 397. The van der Waals surface area contributed by atoms with Gasteiger partial charge in [0.05, 0.1) is 0 Å². The van der Waals surface area contributed by atoms with Gasteiger partial charge in [0, 0.05) is 11.6 Å². The van der Waals surface area contributed by atoms with Crippen LogP contribution in [0.2, 0.25) is 0 Å². The molecule has 1 heterocycles. The van der Waals surface area contributed by atoms with Crippen LogP contribution < -0.4 is 5.32 Å². The minimum Gasteiger partial charge on any atom is -0.326 e. The average molecular weight is 173 g/mol. The first-order valence-corrected chi connectivity index (χ1v) is 4.67. The summed E-state index contributed by atoms with van der Waals surface area (Å²) in [6.07, 6.45) is 1.04. The number of anilines is 1. The van der Waals surface area contributed by atoms with Crippen LogP contribution in [0.15, 0.2) is 18.2 Å². The summed E-state index contributed by atoms with van der Waals surface area (Å²) in [7, 11) is 0. The molecule has 3 rings (SSSR count). The zero-order valence-corrected chi connectivity index (χ0v) is 7.50. The molecular weight excluding hydrogens is 162 g/mol. The van der Waals surface area contributed by atoms with Gasteiger partial charge in [0.15, 0.2) is 0 Å². The molecule has 1 fully saturated rings. The van der Waals surface area contributed by atoms with E-state index in [0.29, 0.717) is 5.92 Å². The standard InChI is InChI=1S/C11H11NO/c1-6-2-3-10-8(4-6)7-5-9(7)11(13)12-10/h2-4,7,9H,5H2,1H3,(H,12,13). The van der Waals surface area contributed by atoms with Crippen molar-refractivity contribution in [3.05, 3.63) is 29.3 Å². The molecule has 2 aliphatic rings. The van der Waals surface area contributed by atoms with Crippen molar-refractivity contribution in [2.45, 2.75) is 19.3 Å². The number of amides is 1. The molecule has 2 heteroatoms. The van der Waals surface area contributed by atoms with Gasteiger partial charge in [0.25, 0.3) is 0 Å². The minimum absolute atomic E-state index is 0.210. The number of hydrogen-bond acceptors (Lipinski definition) is 1. The van der Waals surface area contributed by atoms with Crippen LogP contribution in [0, 0.1) is 12.8 Å². The van der Waals surface area contributed by atoms with E-state index in [4.69, 9.17) is 0 Å². The Morgan fingerprint density at radius 3 is 3.08 bits per heavy atom. The van der Waals surface area contributed by atoms with E-state index in [1.165, 1.54) is 11.1 Å². The van der Waals surface area contributed by atoms with Crippen LogP contribution in [-0.4, -0.2) is 5.91 Å². The van der Waals surface area contributed by atoms with Crippen molar-refractivity contribution < 1.29 is 4.79 Å². The second-order valence-electron chi connectivity index (χ2n) is 4.03. The van der Waals surface area contributed by atoms with Gasteiger partial charge < -0.3 is 5.32 Å². The van der Waals surface area contributed by atoms with E-state index in [1.54, 1.807) is 0 Å². The molecule has 1 amide bonds. The largest absolute Gasteiger partial charge is 0.326 e. The molecule has 1 aliphatic carbocycles. The zero-order valence-electron chi connectivity index (χ0n) is 7.50. The van der Waals surface area contributed by atoms with Gasteiger partial charge in [-0.15, -0.1) is 0 Å². The Balaban J connectivity index is 2.15. The maximum Gasteiger partial charge on any atom is 0.228 e. The summed E-state index contributed by atoms with van der Waals surface area (Å²) in [5, 5.41) is 2.94. The van der Waals surface area contributed by atoms with E-state index in [0.717, 1.165) is 12.1 Å². The lowest BCUT2D eigenvalue weighted by molar-refractivity contribution is -0.117. The van der Waals surface area contributed by atoms with Crippen molar-refractivity contribution in [1.29, 1.82) is 0 Å². The lowest BCUT2D eigenvalue weighted by atomic mass is 10.0. The maximum atomic E-state index is 11.4.